The summed E-state index contributed by atoms with van der Waals surface area (Å²) in [5, 5.41) is 0. The third-order valence-electron chi connectivity index (χ3n) is 1.75. The fourth-order valence-corrected chi connectivity index (χ4v) is 1.15. The molecule has 0 fully saturated rings. The second-order valence-corrected chi connectivity index (χ2v) is 2.74. The van der Waals surface area contributed by atoms with E-state index in [0.717, 1.165) is 5.56 Å². The molecule has 13 heavy (non-hydrogen) atoms. The van der Waals surface area contributed by atoms with E-state index in [0.29, 0.717) is 5.57 Å². The van der Waals surface area contributed by atoms with Gasteiger partial charge in [-0.15, -0.1) is 0 Å². The minimum absolute atomic E-state index is 0.0612. The van der Waals surface area contributed by atoms with Crippen LogP contribution in [-0.4, -0.2) is 5.78 Å². The number of allylic oxidation sites excluding steroid dienone is 3. The van der Waals surface area contributed by atoms with Gasteiger partial charge in [-0.05, 0) is 12.5 Å². The predicted molar refractivity (Wildman–Crippen MR) is 55.3 cm³/mol. The lowest BCUT2D eigenvalue weighted by Gasteiger charge is -2.01. The molecule has 0 spiro atoms. The zero-order valence-electron chi connectivity index (χ0n) is 7.66. The Balaban J connectivity index is 3.10. The molecule has 0 amide bonds. The lowest BCUT2D eigenvalue weighted by atomic mass is 10.0. The first kappa shape index (κ1) is 9.46. The summed E-state index contributed by atoms with van der Waals surface area (Å²) in [6.45, 7) is 5.14. The topological polar surface area (TPSA) is 17.1 Å². The minimum Gasteiger partial charge on any atom is -0.294 e. The van der Waals surface area contributed by atoms with E-state index >= 15 is 0 Å². The molecule has 0 aliphatic rings. The highest BCUT2D eigenvalue weighted by Crippen LogP contribution is 2.14. The molecule has 0 heterocycles. The molecule has 66 valence electrons. The second-order valence-electron chi connectivity index (χ2n) is 2.74. The zero-order valence-corrected chi connectivity index (χ0v) is 7.66. The van der Waals surface area contributed by atoms with Crippen molar-refractivity contribution < 1.29 is 4.79 Å². The van der Waals surface area contributed by atoms with E-state index in [1.54, 1.807) is 19.1 Å². The van der Waals surface area contributed by atoms with E-state index in [-0.39, 0.29) is 5.78 Å². The van der Waals surface area contributed by atoms with Gasteiger partial charge in [-0.1, -0.05) is 49.1 Å². The van der Waals surface area contributed by atoms with Crippen molar-refractivity contribution in [2.45, 2.75) is 6.92 Å². The Morgan fingerprint density at radius 2 is 1.92 bits per heavy atom. The third-order valence-corrected chi connectivity index (χ3v) is 1.75. The van der Waals surface area contributed by atoms with Gasteiger partial charge >= 0.3 is 0 Å². The largest absolute Gasteiger partial charge is 0.294 e. The highest BCUT2D eigenvalue weighted by Gasteiger charge is 2.03. The number of rotatable bonds is 3. The van der Waals surface area contributed by atoms with Crippen LogP contribution in [0.3, 0.4) is 0 Å². The van der Waals surface area contributed by atoms with Gasteiger partial charge in [0.25, 0.3) is 0 Å². The Bertz CT molecular complexity index is 333. The molecule has 0 unspecified atom stereocenters. The maximum absolute atomic E-state index is 11.2. The molecule has 0 radical (unpaired) electrons. The van der Waals surface area contributed by atoms with Gasteiger partial charge in [-0.2, -0.15) is 0 Å². The monoisotopic (exact) mass is 172 g/mol. The molecule has 0 aromatic heterocycles. The first-order chi connectivity index (χ1) is 6.25. The van der Waals surface area contributed by atoms with E-state index in [1.165, 1.54) is 0 Å². The van der Waals surface area contributed by atoms with E-state index in [9.17, 15) is 4.79 Å². The van der Waals surface area contributed by atoms with Crippen molar-refractivity contribution in [3.63, 3.8) is 0 Å². The van der Waals surface area contributed by atoms with Crippen LogP contribution in [0.1, 0.15) is 12.5 Å². The highest BCUT2D eigenvalue weighted by molar-refractivity contribution is 6.19. The number of carbonyl (C=O) groups excluding carboxylic acids is 1. The van der Waals surface area contributed by atoms with Crippen LogP contribution >= 0.6 is 0 Å². The SMILES string of the molecule is C=C/C=C(/C(C)=O)c1ccccc1. The normalized spacial score (nSPS) is 11.0. The van der Waals surface area contributed by atoms with E-state index < -0.39 is 0 Å². The Morgan fingerprint density at radius 3 is 2.38 bits per heavy atom. The van der Waals surface area contributed by atoms with Gasteiger partial charge < -0.3 is 0 Å². The number of hydrogen-bond donors (Lipinski definition) is 0. The van der Waals surface area contributed by atoms with Crippen molar-refractivity contribution in [2.24, 2.45) is 0 Å². The quantitative estimate of drug-likeness (QED) is 0.506. The van der Waals surface area contributed by atoms with E-state index in [2.05, 4.69) is 6.58 Å². The minimum atomic E-state index is 0.0612. The molecule has 0 aliphatic carbocycles. The molecule has 0 bridgehead atoms. The summed E-state index contributed by atoms with van der Waals surface area (Å²) in [6.07, 6.45) is 3.36. The van der Waals surface area contributed by atoms with Gasteiger partial charge in [0, 0.05) is 5.57 Å². The van der Waals surface area contributed by atoms with Gasteiger partial charge in [0.1, 0.15) is 0 Å². The molecule has 0 N–H and O–H groups in total. The van der Waals surface area contributed by atoms with Gasteiger partial charge in [-0.3, -0.25) is 4.79 Å². The summed E-state index contributed by atoms with van der Waals surface area (Å²) >= 11 is 0. The summed E-state index contributed by atoms with van der Waals surface area (Å²) in [6, 6.07) is 9.58. The number of Topliss-reactive ketones (excluding diaryl/α,β-unsaturated/α-hetero) is 1. The Labute approximate surface area is 78.4 Å². The number of carbonyl (C=O) groups is 1. The zero-order chi connectivity index (χ0) is 9.68. The Hall–Kier alpha value is -1.63. The van der Waals surface area contributed by atoms with Crippen molar-refractivity contribution in [2.75, 3.05) is 0 Å². The number of ketones is 1. The van der Waals surface area contributed by atoms with Crippen LogP contribution in [0.4, 0.5) is 0 Å². The van der Waals surface area contributed by atoms with Gasteiger partial charge in [0.2, 0.25) is 0 Å². The third kappa shape index (κ3) is 2.41. The van der Waals surface area contributed by atoms with Crippen LogP contribution in [0, 0.1) is 0 Å². The van der Waals surface area contributed by atoms with Crippen molar-refractivity contribution in [1.29, 1.82) is 0 Å². The first-order valence-electron chi connectivity index (χ1n) is 4.15. The number of hydrogen-bond acceptors (Lipinski definition) is 1. The number of benzene rings is 1. The van der Waals surface area contributed by atoms with Crippen LogP contribution in [-0.2, 0) is 4.79 Å². The van der Waals surface area contributed by atoms with Crippen LogP contribution < -0.4 is 0 Å². The molecule has 1 nitrogen and oxygen atoms in total. The Morgan fingerprint density at radius 1 is 1.31 bits per heavy atom. The van der Waals surface area contributed by atoms with Crippen LogP contribution in [0.15, 0.2) is 49.1 Å². The molecule has 0 atom stereocenters. The highest BCUT2D eigenvalue weighted by atomic mass is 16.1. The maximum Gasteiger partial charge on any atom is 0.160 e. The van der Waals surface area contributed by atoms with Crippen molar-refractivity contribution in [3.8, 4) is 0 Å². The molecule has 1 aromatic rings. The van der Waals surface area contributed by atoms with Gasteiger partial charge in [0.15, 0.2) is 5.78 Å². The molecule has 0 aliphatic heterocycles. The van der Waals surface area contributed by atoms with Crippen molar-refractivity contribution in [1.82, 2.24) is 0 Å². The fourth-order valence-electron chi connectivity index (χ4n) is 1.15. The second kappa shape index (κ2) is 4.41. The lowest BCUT2D eigenvalue weighted by molar-refractivity contribution is -0.111. The van der Waals surface area contributed by atoms with E-state index in [4.69, 9.17) is 0 Å². The van der Waals surface area contributed by atoms with E-state index in [1.807, 2.05) is 30.3 Å². The molecule has 0 saturated heterocycles. The lowest BCUT2D eigenvalue weighted by Crippen LogP contribution is -1.94. The summed E-state index contributed by atoms with van der Waals surface area (Å²) < 4.78 is 0. The predicted octanol–water partition coefficient (Wildman–Crippen LogP) is 2.85. The maximum atomic E-state index is 11.2. The summed E-state index contributed by atoms with van der Waals surface area (Å²) in [7, 11) is 0. The fraction of sp³-hybridized carbons (Fsp3) is 0.0833. The van der Waals surface area contributed by atoms with Crippen molar-refractivity contribution in [3.05, 3.63) is 54.6 Å². The summed E-state index contributed by atoms with van der Waals surface area (Å²) in [5.74, 6) is 0.0612. The standard InChI is InChI=1S/C12H12O/c1-3-7-12(10(2)13)11-8-5-4-6-9-11/h3-9H,1H2,2H3/b12-7-. The van der Waals surface area contributed by atoms with Crippen molar-refractivity contribution >= 4 is 11.4 Å². The molecule has 1 rings (SSSR count). The molecule has 1 aromatic carbocycles. The van der Waals surface area contributed by atoms with Gasteiger partial charge in [0.05, 0.1) is 0 Å². The molecular weight excluding hydrogens is 160 g/mol. The summed E-state index contributed by atoms with van der Waals surface area (Å²) in [4.78, 5) is 11.2. The summed E-state index contributed by atoms with van der Waals surface area (Å²) in [5.41, 5.74) is 1.64. The van der Waals surface area contributed by atoms with Gasteiger partial charge in [-0.25, -0.2) is 0 Å². The molecule has 1 heteroatoms. The van der Waals surface area contributed by atoms with Crippen LogP contribution in [0.25, 0.3) is 5.57 Å². The molecule has 0 saturated carbocycles. The van der Waals surface area contributed by atoms with Crippen LogP contribution in [0.5, 0.6) is 0 Å². The molecular formula is C12H12O. The Kier molecular flexibility index (Phi) is 3.21. The smallest absolute Gasteiger partial charge is 0.160 e. The first-order valence-corrected chi connectivity index (χ1v) is 4.15. The average molecular weight is 172 g/mol. The van der Waals surface area contributed by atoms with Crippen LogP contribution in [0.2, 0.25) is 0 Å². The average Bonchev–Trinajstić information content (AvgIpc) is 2.15.